The molecule has 1 aliphatic rings. The molecule has 0 unspecified atom stereocenters. The van der Waals surface area contributed by atoms with Crippen molar-refractivity contribution < 1.29 is 13.2 Å². The third-order valence-corrected chi connectivity index (χ3v) is 6.26. The zero-order valence-corrected chi connectivity index (χ0v) is 13.3. The van der Waals surface area contributed by atoms with Crippen molar-refractivity contribution >= 4 is 15.7 Å². The van der Waals surface area contributed by atoms with Crippen LogP contribution in [0.5, 0.6) is 5.75 Å². The quantitative estimate of drug-likeness (QED) is 0.837. The van der Waals surface area contributed by atoms with Crippen LogP contribution in [0.4, 0.5) is 5.69 Å². The fraction of sp³-hybridized carbons (Fsp3) is 0.600. The predicted molar refractivity (Wildman–Crippen MR) is 85.2 cm³/mol. The lowest BCUT2D eigenvalue weighted by atomic mass is 10.3. The second-order valence-electron chi connectivity index (χ2n) is 5.37. The second kappa shape index (κ2) is 7.13. The van der Waals surface area contributed by atoms with Gasteiger partial charge in [0, 0.05) is 12.6 Å². The Morgan fingerprint density at radius 2 is 2.05 bits per heavy atom. The van der Waals surface area contributed by atoms with Gasteiger partial charge in [0.1, 0.15) is 5.75 Å². The van der Waals surface area contributed by atoms with E-state index in [0.717, 1.165) is 25.7 Å². The van der Waals surface area contributed by atoms with E-state index in [-0.39, 0.29) is 5.25 Å². The maximum atomic E-state index is 12.9. The van der Waals surface area contributed by atoms with Crippen LogP contribution < -0.4 is 14.8 Å². The summed E-state index contributed by atoms with van der Waals surface area (Å²) < 4.78 is 32.5. The van der Waals surface area contributed by atoms with Gasteiger partial charge in [-0.05, 0) is 37.9 Å². The zero-order valence-electron chi connectivity index (χ0n) is 12.5. The molecule has 0 amide bonds. The molecule has 118 valence electrons. The highest BCUT2D eigenvalue weighted by Crippen LogP contribution is 2.31. The molecule has 1 saturated carbocycles. The average Bonchev–Trinajstić information content (AvgIpc) is 3.03. The van der Waals surface area contributed by atoms with Crippen molar-refractivity contribution in [2.75, 3.05) is 24.5 Å². The summed E-state index contributed by atoms with van der Waals surface area (Å²) in [5.41, 5.74) is 6.22. The van der Waals surface area contributed by atoms with Crippen LogP contribution in [-0.2, 0) is 10.0 Å². The van der Waals surface area contributed by atoms with Crippen molar-refractivity contribution in [2.45, 2.75) is 37.4 Å². The molecule has 0 saturated heterocycles. The lowest BCUT2D eigenvalue weighted by Crippen LogP contribution is -2.39. The highest BCUT2D eigenvalue weighted by atomic mass is 32.2. The van der Waals surface area contributed by atoms with Crippen LogP contribution in [0, 0.1) is 0 Å². The molecule has 0 heterocycles. The molecule has 1 aromatic carbocycles. The highest BCUT2D eigenvalue weighted by molar-refractivity contribution is 7.93. The zero-order chi connectivity index (χ0) is 15.3. The summed E-state index contributed by atoms with van der Waals surface area (Å²) in [5, 5.41) is -0.263. The summed E-state index contributed by atoms with van der Waals surface area (Å²) in [6.07, 6.45) is 4.14. The standard InChI is InChI=1S/C15H24N2O3S/c1-20-14-7-4-6-13(12-14)17(11-5-10-16)21(18,19)15-8-2-3-9-15/h4,6-7,12,15H,2-3,5,8-11,16H2,1H3. The highest BCUT2D eigenvalue weighted by Gasteiger charge is 2.34. The van der Waals surface area contributed by atoms with Gasteiger partial charge in [0.15, 0.2) is 0 Å². The molecule has 2 N–H and O–H groups in total. The first kappa shape index (κ1) is 16.1. The fourth-order valence-corrected chi connectivity index (χ4v) is 4.85. The third-order valence-electron chi connectivity index (χ3n) is 3.94. The van der Waals surface area contributed by atoms with Crippen molar-refractivity contribution in [2.24, 2.45) is 5.73 Å². The van der Waals surface area contributed by atoms with Gasteiger partial charge in [0.05, 0.1) is 18.0 Å². The predicted octanol–water partition coefficient (Wildman–Crippen LogP) is 2.12. The number of nitrogens with zero attached hydrogens (tertiary/aromatic N) is 1. The summed E-state index contributed by atoms with van der Waals surface area (Å²) in [6.45, 7) is 0.892. The number of rotatable bonds is 7. The molecule has 1 fully saturated rings. The van der Waals surface area contributed by atoms with E-state index >= 15 is 0 Å². The average molecular weight is 312 g/mol. The number of sulfonamides is 1. The van der Waals surface area contributed by atoms with Crippen molar-refractivity contribution in [1.82, 2.24) is 0 Å². The van der Waals surface area contributed by atoms with Crippen LogP contribution in [0.1, 0.15) is 32.1 Å². The van der Waals surface area contributed by atoms with Crippen LogP contribution in [0.15, 0.2) is 24.3 Å². The van der Waals surface area contributed by atoms with Crippen molar-refractivity contribution in [3.63, 3.8) is 0 Å². The largest absolute Gasteiger partial charge is 0.497 e. The Hall–Kier alpha value is -1.27. The lowest BCUT2D eigenvalue weighted by molar-refractivity contribution is 0.415. The molecule has 0 radical (unpaired) electrons. The lowest BCUT2D eigenvalue weighted by Gasteiger charge is -2.27. The van der Waals surface area contributed by atoms with Crippen LogP contribution >= 0.6 is 0 Å². The molecule has 21 heavy (non-hydrogen) atoms. The fourth-order valence-electron chi connectivity index (χ4n) is 2.77. The van der Waals surface area contributed by atoms with Gasteiger partial charge >= 0.3 is 0 Å². The Morgan fingerprint density at radius 3 is 2.67 bits per heavy atom. The Balaban J connectivity index is 2.32. The Bertz CT molecular complexity index is 554. The number of hydrogen-bond donors (Lipinski definition) is 1. The van der Waals surface area contributed by atoms with E-state index in [1.807, 2.05) is 18.2 Å². The summed E-state index contributed by atoms with van der Waals surface area (Å²) >= 11 is 0. The second-order valence-corrected chi connectivity index (χ2v) is 7.50. The van der Waals surface area contributed by atoms with E-state index in [9.17, 15) is 8.42 Å². The van der Waals surface area contributed by atoms with Gasteiger partial charge in [-0.15, -0.1) is 0 Å². The molecule has 0 aliphatic heterocycles. The van der Waals surface area contributed by atoms with Gasteiger partial charge in [0.2, 0.25) is 10.0 Å². The third kappa shape index (κ3) is 3.68. The number of methoxy groups -OCH3 is 1. The molecule has 0 aromatic heterocycles. The van der Waals surface area contributed by atoms with Gasteiger partial charge in [-0.3, -0.25) is 4.31 Å². The number of anilines is 1. The first-order valence-corrected chi connectivity index (χ1v) is 8.95. The summed E-state index contributed by atoms with van der Waals surface area (Å²) in [5.74, 6) is 0.659. The first-order valence-electron chi connectivity index (χ1n) is 7.45. The summed E-state index contributed by atoms with van der Waals surface area (Å²) in [7, 11) is -1.75. The molecule has 0 atom stereocenters. The number of hydrogen-bond acceptors (Lipinski definition) is 4. The molecule has 0 spiro atoms. The Morgan fingerprint density at radius 1 is 1.33 bits per heavy atom. The normalized spacial score (nSPS) is 16.1. The van der Waals surface area contributed by atoms with E-state index in [4.69, 9.17) is 10.5 Å². The van der Waals surface area contributed by atoms with Crippen molar-refractivity contribution in [1.29, 1.82) is 0 Å². The molecular formula is C15H24N2O3S. The summed E-state index contributed by atoms with van der Waals surface area (Å²) in [6, 6.07) is 7.20. The number of nitrogens with two attached hydrogens (primary N) is 1. The van der Waals surface area contributed by atoms with E-state index < -0.39 is 10.0 Å². The first-order chi connectivity index (χ1) is 10.1. The minimum absolute atomic E-state index is 0.263. The van der Waals surface area contributed by atoms with Crippen molar-refractivity contribution in [3.8, 4) is 5.75 Å². The van der Waals surface area contributed by atoms with E-state index in [1.54, 1.807) is 13.2 Å². The Labute approximate surface area is 127 Å². The van der Waals surface area contributed by atoms with Gasteiger partial charge in [-0.2, -0.15) is 0 Å². The minimum atomic E-state index is -3.33. The van der Waals surface area contributed by atoms with Crippen LogP contribution in [0.25, 0.3) is 0 Å². The molecule has 2 rings (SSSR count). The van der Waals surface area contributed by atoms with Crippen LogP contribution in [0.3, 0.4) is 0 Å². The number of benzene rings is 1. The molecule has 6 heteroatoms. The van der Waals surface area contributed by atoms with Gasteiger partial charge < -0.3 is 10.5 Å². The molecule has 1 aromatic rings. The molecule has 5 nitrogen and oxygen atoms in total. The van der Waals surface area contributed by atoms with Gasteiger partial charge in [-0.25, -0.2) is 8.42 Å². The van der Waals surface area contributed by atoms with Crippen molar-refractivity contribution in [3.05, 3.63) is 24.3 Å². The molecule has 0 bridgehead atoms. The minimum Gasteiger partial charge on any atom is -0.497 e. The Kier molecular flexibility index (Phi) is 5.47. The van der Waals surface area contributed by atoms with Gasteiger partial charge in [0.25, 0.3) is 0 Å². The summed E-state index contributed by atoms with van der Waals surface area (Å²) in [4.78, 5) is 0. The number of ether oxygens (including phenoxy) is 1. The van der Waals surface area contributed by atoms with Gasteiger partial charge in [-0.1, -0.05) is 18.9 Å². The maximum absolute atomic E-state index is 12.9. The smallest absolute Gasteiger partial charge is 0.238 e. The SMILES string of the molecule is COc1cccc(N(CCCN)S(=O)(=O)C2CCCC2)c1. The van der Waals surface area contributed by atoms with Crippen LogP contribution in [-0.4, -0.2) is 33.9 Å². The van der Waals surface area contributed by atoms with E-state index in [0.29, 0.717) is 30.9 Å². The van der Waals surface area contributed by atoms with Crippen LogP contribution in [0.2, 0.25) is 0 Å². The van der Waals surface area contributed by atoms with E-state index in [2.05, 4.69) is 0 Å². The topological polar surface area (TPSA) is 72.6 Å². The molecule has 1 aliphatic carbocycles. The molecular weight excluding hydrogens is 288 g/mol. The van der Waals surface area contributed by atoms with E-state index in [1.165, 1.54) is 4.31 Å². The monoisotopic (exact) mass is 312 g/mol. The maximum Gasteiger partial charge on any atom is 0.238 e.